The van der Waals surface area contributed by atoms with Crippen LogP contribution in [-0.2, 0) is 32.6 Å². The van der Waals surface area contributed by atoms with E-state index in [0.717, 1.165) is 44.0 Å². The first kappa shape index (κ1) is 25.3. The lowest BCUT2D eigenvalue weighted by atomic mass is 10.1. The zero-order valence-electron chi connectivity index (χ0n) is 20.8. The molecule has 37 heavy (non-hydrogen) atoms. The number of carbonyl (C=O) groups excluding carboxylic acids is 1. The number of carbonyl (C=O) groups is 1. The van der Waals surface area contributed by atoms with Crippen molar-refractivity contribution < 1.29 is 22.7 Å². The van der Waals surface area contributed by atoms with Gasteiger partial charge in [0, 0.05) is 26.2 Å². The summed E-state index contributed by atoms with van der Waals surface area (Å²) in [6.45, 7) is 6.23. The number of morpholine rings is 1. The number of benzene rings is 3. The minimum Gasteiger partial charge on any atom is -0.476 e. The molecule has 1 amide bonds. The molecule has 2 aliphatic rings. The number of rotatable bonds is 7. The highest BCUT2D eigenvalue weighted by Crippen LogP contribution is 2.37. The van der Waals surface area contributed by atoms with E-state index in [1.54, 1.807) is 42.5 Å². The Labute approximate surface area is 217 Å². The van der Waals surface area contributed by atoms with Crippen molar-refractivity contribution in [1.82, 2.24) is 10.2 Å². The third-order valence-electron chi connectivity index (χ3n) is 6.58. The second-order valence-electron chi connectivity index (χ2n) is 9.35. The predicted octanol–water partition coefficient (Wildman–Crippen LogP) is 3.10. The summed E-state index contributed by atoms with van der Waals surface area (Å²) in [6.07, 6.45) is -0.981. The Balaban J connectivity index is 1.30. The molecule has 2 aliphatic heterocycles. The quantitative estimate of drug-likeness (QED) is 0.514. The topological polar surface area (TPSA) is 88.2 Å². The molecule has 3 aromatic rings. The van der Waals surface area contributed by atoms with Gasteiger partial charge < -0.3 is 14.8 Å². The van der Waals surface area contributed by atoms with Crippen molar-refractivity contribution in [2.75, 3.05) is 37.2 Å². The van der Waals surface area contributed by atoms with Crippen molar-refractivity contribution in [3.8, 4) is 5.75 Å². The molecule has 0 radical (unpaired) electrons. The molecule has 0 bridgehead atoms. The van der Waals surface area contributed by atoms with Crippen LogP contribution >= 0.6 is 0 Å². The molecule has 1 fully saturated rings. The number of fused-ring (bicyclic) bond motifs is 1. The SMILES string of the molecule is Cc1ccc2c(c1)N(S(=O)(=O)c1ccccc1)C[C@H](C(=O)NCc1cccc(CN3CCOCC3)c1)O2. The van der Waals surface area contributed by atoms with Gasteiger partial charge in [-0.05, 0) is 47.9 Å². The van der Waals surface area contributed by atoms with Crippen LogP contribution in [0.5, 0.6) is 5.75 Å². The van der Waals surface area contributed by atoms with Gasteiger partial charge in [-0.1, -0.05) is 48.5 Å². The van der Waals surface area contributed by atoms with Crippen molar-refractivity contribution in [3.63, 3.8) is 0 Å². The van der Waals surface area contributed by atoms with Crippen LogP contribution in [0.4, 0.5) is 5.69 Å². The highest BCUT2D eigenvalue weighted by atomic mass is 32.2. The van der Waals surface area contributed by atoms with Gasteiger partial charge >= 0.3 is 0 Å². The molecule has 1 atom stereocenters. The summed E-state index contributed by atoms with van der Waals surface area (Å²) in [5.74, 6) is 0.00193. The third-order valence-corrected chi connectivity index (χ3v) is 8.37. The van der Waals surface area contributed by atoms with Crippen LogP contribution in [0.1, 0.15) is 16.7 Å². The van der Waals surface area contributed by atoms with E-state index in [4.69, 9.17) is 9.47 Å². The van der Waals surface area contributed by atoms with Crippen LogP contribution < -0.4 is 14.4 Å². The smallest absolute Gasteiger partial charge is 0.264 e. The molecule has 0 saturated carbocycles. The van der Waals surface area contributed by atoms with Crippen molar-refractivity contribution in [2.45, 2.75) is 31.0 Å². The molecular formula is C28H31N3O5S. The molecule has 5 rings (SSSR count). The Morgan fingerprint density at radius 3 is 2.51 bits per heavy atom. The molecule has 1 N–H and O–H groups in total. The lowest BCUT2D eigenvalue weighted by molar-refractivity contribution is -0.127. The summed E-state index contributed by atoms with van der Waals surface area (Å²) >= 11 is 0. The fourth-order valence-electron chi connectivity index (χ4n) is 4.60. The fourth-order valence-corrected chi connectivity index (χ4v) is 6.09. The van der Waals surface area contributed by atoms with Crippen molar-refractivity contribution in [1.29, 1.82) is 0 Å². The lowest BCUT2D eigenvalue weighted by Crippen LogP contribution is -2.50. The minimum absolute atomic E-state index is 0.114. The van der Waals surface area contributed by atoms with Gasteiger partial charge in [0.2, 0.25) is 0 Å². The van der Waals surface area contributed by atoms with Gasteiger partial charge in [0.1, 0.15) is 5.75 Å². The fraction of sp³-hybridized carbons (Fsp3) is 0.321. The first-order chi connectivity index (χ1) is 17.9. The molecule has 2 heterocycles. The van der Waals surface area contributed by atoms with Crippen molar-refractivity contribution in [3.05, 3.63) is 89.5 Å². The number of nitrogens with one attached hydrogen (secondary N) is 1. The highest BCUT2D eigenvalue weighted by Gasteiger charge is 2.37. The van der Waals surface area contributed by atoms with Crippen LogP contribution in [-0.4, -0.2) is 58.2 Å². The van der Waals surface area contributed by atoms with E-state index >= 15 is 0 Å². The number of sulfonamides is 1. The van der Waals surface area contributed by atoms with E-state index in [0.29, 0.717) is 18.0 Å². The Kier molecular flexibility index (Phi) is 7.45. The van der Waals surface area contributed by atoms with Gasteiger partial charge in [0.05, 0.1) is 30.3 Å². The largest absolute Gasteiger partial charge is 0.476 e. The molecule has 9 heteroatoms. The normalized spacial score (nSPS) is 18.1. The van der Waals surface area contributed by atoms with Crippen LogP contribution in [0.2, 0.25) is 0 Å². The van der Waals surface area contributed by atoms with Crippen molar-refractivity contribution in [2.24, 2.45) is 0 Å². The van der Waals surface area contributed by atoms with Gasteiger partial charge in [0.15, 0.2) is 6.10 Å². The van der Waals surface area contributed by atoms with Gasteiger partial charge in [-0.2, -0.15) is 0 Å². The summed E-state index contributed by atoms with van der Waals surface area (Å²) in [7, 11) is -3.89. The molecule has 0 spiro atoms. The van der Waals surface area contributed by atoms with Gasteiger partial charge in [0.25, 0.3) is 15.9 Å². The molecule has 0 aliphatic carbocycles. The minimum atomic E-state index is -3.89. The van der Waals surface area contributed by atoms with Crippen LogP contribution in [0.3, 0.4) is 0 Å². The maximum absolute atomic E-state index is 13.5. The molecular weight excluding hydrogens is 490 g/mol. The lowest BCUT2D eigenvalue weighted by Gasteiger charge is -2.35. The first-order valence-electron chi connectivity index (χ1n) is 12.4. The average molecular weight is 522 g/mol. The zero-order valence-corrected chi connectivity index (χ0v) is 21.6. The second-order valence-corrected chi connectivity index (χ2v) is 11.2. The van der Waals surface area contributed by atoms with Gasteiger partial charge in [-0.15, -0.1) is 0 Å². The molecule has 8 nitrogen and oxygen atoms in total. The van der Waals surface area contributed by atoms with E-state index in [-0.39, 0.29) is 17.3 Å². The van der Waals surface area contributed by atoms with E-state index in [9.17, 15) is 13.2 Å². The predicted molar refractivity (Wildman–Crippen MR) is 141 cm³/mol. The van der Waals surface area contributed by atoms with E-state index in [1.807, 2.05) is 25.1 Å². The van der Waals surface area contributed by atoms with Gasteiger partial charge in [-0.25, -0.2) is 8.42 Å². The van der Waals surface area contributed by atoms with E-state index < -0.39 is 16.1 Å². The number of nitrogens with zero attached hydrogens (tertiary/aromatic N) is 2. The molecule has 0 aromatic heterocycles. The maximum Gasteiger partial charge on any atom is 0.264 e. The Bertz CT molecular complexity index is 1360. The average Bonchev–Trinajstić information content (AvgIpc) is 2.92. The Hall–Kier alpha value is -3.40. The summed E-state index contributed by atoms with van der Waals surface area (Å²) in [5, 5.41) is 2.93. The van der Waals surface area contributed by atoms with Crippen LogP contribution in [0.15, 0.2) is 77.7 Å². The highest BCUT2D eigenvalue weighted by molar-refractivity contribution is 7.92. The Morgan fingerprint density at radius 1 is 0.973 bits per heavy atom. The van der Waals surface area contributed by atoms with Crippen LogP contribution in [0.25, 0.3) is 0 Å². The number of hydrogen-bond acceptors (Lipinski definition) is 6. The van der Waals surface area contributed by atoms with E-state index in [2.05, 4.69) is 22.3 Å². The number of anilines is 1. The number of amides is 1. The van der Waals surface area contributed by atoms with Gasteiger partial charge in [-0.3, -0.25) is 14.0 Å². The summed E-state index contributed by atoms with van der Waals surface area (Å²) in [4.78, 5) is 15.7. The number of hydrogen-bond donors (Lipinski definition) is 1. The molecule has 194 valence electrons. The van der Waals surface area contributed by atoms with Crippen LogP contribution in [0, 0.1) is 6.92 Å². The summed E-state index contributed by atoms with van der Waals surface area (Å²) < 4.78 is 39.8. The molecule has 1 saturated heterocycles. The molecule has 3 aromatic carbocycles. The second kappa shape index (κ2) is 10.9. The maximum atomic E-state index is 13.5. The third kappa shape index (κ3) is 5.79. The standard InChI is InChI=1S/C28H31N3O5S/c1-21-10-11-26-25(16-21)31(37(33,34)24-8-3-2-4-9-24)20-27(36-26)28(32)29-18-22-6-5-7-23(17-22)19-30-12-14-35-15-13-30/h2-11,16-17,27H,12-15,18-20H2,1H3,(H,29,32)/t27-/m1/s1. The number of ether oxygens (including phenoxy) is 2. The summed E-state index contributed by atoms with van der Waals surface area (Å²) in [5.41, 5.74) is 3.48. The zero-order chi connectivity index (χ0) is 25.8. The monoisotopic (exact) mass is 521 g/mol. The first-order valence-corrected chi connectivity index (χ1v) is 13.8. The number of aryl methyl sites for hydroxylation is 1. The molecule has 0 unspecified atom stereocenters. The summed E-state index contributed by atoms with van der Waals surface area (Å²) in [6, 6.07) is 21.7. The Morgan fingerprint density at radius 2 is 1.73 bits per heavy atom. The van der Waals surface area contributed by atoms with Crippen molar-refractivity contribution >= 4 is 21.6 Å². The van der Waals surface area contributed by atoms with E-state index in [1.165, 1.54) is 9.87 Å².